The number of rotatable bonds is 2. The molecule has 1 amide bonds. The molecular formula is C19H19N5O. The average molecular weight is 333 g/mol. The van der Waals surface area contributed by atoms with Crippen LogP contribution in [0.2, 0.25) is 0 Å². The number of nitrogens with zero attached hydrogens (tertiary/aromatic N) is 5. The van der Waals surface area contributed by atoms with Gasteiger partial charge in [0.25, 0.3) is 5.91 Å². The van der Waals surface area contributed by atoms with Crippen molar-refractivity contribution >= 4 is 16.9 Å². The number of fused-ring (bicyclic) bond motifs is 1. The summed E-state index contributed by atoms with van der Waals surface area (Å²) in [5.41, 5.74) is 2.41. The van der Waals surface area contributed by atoms with Gasteiger partial charge in [0.2, 0.25) is 0 Å². The molecule has 0 aliphatic carbocycles. The Morgan fingerprint density at radius 2 is 2.00 bits per heavy atom. The maximum atomic E-state index is 12.8. The maximum Gasteiger partial charge on any atom is 0.253 e. The van der Waals surface area contributed by atoms with Gasteiger partial charge in [-0.1, -0.05) is 0 Å². The van der Waals surface area contributed by atoms with Crippen molar-refractivity contribution in [2.75, 3.05) is 13.1 Å². The highest BCUT2D eigenvalue weighted by Crippen LogP contribution is 2.30. The van der Waals surface area contributed by atoms with Gasteiger partial charge >= 0.3 is 0 Å². The number of pyridine rings is 2. The van der Waals surface area contributed by atoms with Gasteiger partial charge in [-0.2, -0.15) is 0 Å². The Kier molecular flexibility index (Phi) is 4.09. The van der Waals surface area contributed by atoms with Gasteiger partial charge in [-0.05, 0) is 44.0 Å². The molecule has 0 N–H and O–H groups in total. The summed E-state index contributed by atoms with van der Waals surface area (Å²) in [4.78, 5) is 32.1. The molecule has 1 aliphatic rings. The van der Waals surface area contributed by atoms with E-state index >= 15 is 0 Å². The molecule has 4 heterocycles. The molecular weight excluding hydrogens is 314 g/mol. The molecule has 1 saturated heterocycles. The Labute approximate surface area is 146 Å². The van der Waals surface area contributed by atoms with Gasteiger partial charge in [0.05, 0.1) is 5.69 Å². The quantitative estimate of drug-likeness (QED) is 0.721. The van der Waals surface area contributed by atoms with Crippen LogP contribution in [0.15, 0.2) is 42.9 Å². The third-order valence-electron chi connectivity index (χ3n) is 4.64. The van der Waals surface area contributed by atoms with E-state index in [0.29, 0.717) is 12.1 Å². The minimum Gasteiger partial charge on any atom is -0.338 e. The highest BCUT2D eigenvalue weighted by atomic mass is 16.2. The third kappa shape index (κ3) is 3.07. The van der Waals surface area contributed by atoms with Crippen molar-refractivity contribution in [3.63, 3.8) is 0 Å². The molecule has 0 radical (unpaired) electrons. The lowest BCUT2D eigenvalue weighted by molar-refractivity contribution is 0.0706. The molecule has 4 rings (SSSR count). The lowest BCUT2D eigenvalue weighted by Crippen LogP contribution is -2.39. The molecule has 1 atom stereocenters. The summed E-state index contributed by atoms with van der Waals surface area (Å²) in [6.45, 7) is 3.33. The SMILES string of the molecule is Cc1nc(C2CCCN(C(=O)c3ccncc3)C2)c2cccnc2n1. The number of hydrogen-bond donors (Lipinski definition) is 0. The predicted molar refractivity (Wildman–Crippen MR) is 94.2 cm³/mol. The van der Waals surface area contributed by atoms with Crippen LogP contribution in [0.4, 0.5) is 0 Å². The summed E-state index contributed by atoms with van der Waals surface area (Å²) in [5, 5.41) is 0.983. The first-order valence-corrected chi connectivity index (χ1v) is 8.51. The van der Waals surface area contributed by atoms with Crippen molar-refractivity contribution in [3.8, 4) is 0 Å². The zero-order valence-corrected chi connectivity index (χ0v) is 14.1. The zero-order valence-electron chi connectivity index (χ0n) is 14.1. The molecule has 0 bridgehead atoms. The second-order valence-electron chi connectivity index (χ2n) is 6.36. The van der Waals surface area contributed by atoms with Crippen molar-refractivity contribution in [1.29, 1.82) is 0 Å². The number of piperidine rings is 1. The molecule has 0 saturated carbocycles. The normalized spacial score (nSPS) is 17.6. The fourth-order valence-electron chi connectivity index (χ4n) is 3.47. The first kappa shape index (κ1) is 15.6. The van der Waals surface area contributed by atoms with Gasteiger partial charge in [0.1, 0.15) is 5.82 Å². The number of carbonyl (C=O) groups is 1. The van der Waals surface area contributed by atoms with E-state index in [1.165, 1.54) is 0 Å². The number of amides is 1. The van der Waals surface area contributed by atoms with Gasteiger partial charge in [-0.3, -0.25) is 9.78 Å². The molecule has 6 heteroatoms. The molecule has 1 aliphatic heterocycles. The highest BCUT2D eigenvalue weighted by Gasteiger charge is 2.27. The van der Waals surface area contributed by atoms with Gasteiger partial charge < -0.3 is 4.90 Å². The van der Waals surface area contributed by atoms with Crippen LogP contribution in [0.1, 0.15) is 40.6 Å². The lowest BCUT2D eigenvalue weighted by Gasteiger charge is -2.33. The fourth-order valence-corrected chi connectivity index (χ4v) is 3.47. The van der Waals surface area contributed by atoms with Crippen molar-refractivity contribution in [3.05, 3.63) is 59.9 Å². The summed E-state index contributed by atoms with van der Waals surface area (Å²) in [7, 11) is 0. The molecule has 6 nitrogen and oxygen atoms in total. The van der Waals surface area contributed by atoms with Gasteiger partial charge in [-0.15, -0.1) is 0 Å². The Morgan fingerprint density at radius 1 is 1.16 bits per heavy atom. The Balaban J connectivity index is 1.65. The van der Waals surface area contributed by atoms with E-state index in [9.17, 15) is 4.79 Å². The number of aryl methyl sites for hydroxylation is 1. The van der Waals surface area contributed by atoms with Gasteiger partial charge in [-0.25, -0.2) is 15.0 Å². The minimum atomic E-state index is 0.0558. The Hall–Kier alpha value is -2.89. The van der Waals surface area contributed by atoms with E-state index in [-0.39, 0.29) is 11.8 Å². The fraction of sp³-hybridized carbons (Fsp3) is 0.316. The highest BCUT2D eigenvalue weighted by molar-refractivity contribution is 5.94. The first-order chi connectivity index (χ1) is 12.2. The van der Waals surface area contributed by atoms with E-state index in [1.807, 2.05) is 24.0 Å². The van der Waals surface area contributed by atoms with E-state index < -0.39 is 0 Å². The summed E-state index contributed by atoms with van der Waals surface area (Å²) in [6, 6.07) is 7.45. The largest absolute Gasteiger partial charge is 0.338 e. The Bertz CT molecular complexity index is 912. The van der Waals surface area contributed by atoms with Crippen LogP contribution in [0.5, 0.6) is 0 Å². The molecule has 3 aromatic rings. The number of hydrogen-bond acceptors (Lipinski definition) is 5. The van der Waals surface area contributed by atoms with Crippen molar-refractivity contribution in [1.82, 2.24) is 24.8 Å². The summed E-state index contributed by atoms with van der Waals surface area (Å²) in [5.74, 6) is 0.979. The zero-order chi connectivity index (χ0) is 17.2. The van der Waals surface area contributed by atoms with E-state index in [4.69, 9.17) is 4.98 Å². The van der Waals surface area contributed by atoms with E-state index in [2.05, 4.69) is 15.0 Å². The van der Waals surface area contributed by atoms with Gasteiger partial charge in [0, 0.05) is 48.5 Å². The van der Waals surface area contributed by atoms with Crippen LogP contribution in [0, 0.1) is 6.92 Å². The van der Waals surface area contributed by atoms with Crippen molar-refractivity contribution < 1.29 is 4.79 Å². The number of likely N-dealkylation sites (tertiary alicyclic amines) is 1. The lowest BCUT2D eigenvalue weighted by atomic mass is 9.92. The van der Waals surface area contributed by atoms with Crippen LogP contribution in [0.3, 0.4) is 0 Å². The molecule has 126 valence electrons. The van der Waals surface area contributed by atoms with E-state index in [1.54, 1.807) is 30.7 Å². The second-order valence-corrected chi connectivity index (χ2v) is 6.36. The van der Waals surface area contributed by atoms with Crippen LogP contribution in [-0.2, 0) is 0 Å². The summed E-state index contributed by atoms with van der Waals surface area (Å²) in [6.07, 6.45) is 7.04. The summed E-state index contributed by atoms with van der Waals surface area (Å²) < 4.78 is 0. The molecule has 0 spiro atoms. The smallest absolute Gasteiger partial charge is 0.253 e. The van der Waals surface area contributed by atoms with E-state index in [0.717, 1.165) is 41.9 Å². The second kappa shape index (κ2) is 6.55. The molecule has 1 fully saturated rings. The van der Waals surface area contributed by atoms with Gasteiger partial charge in [0.15, 0.2) is 5.65 Å². The van der Waals surface area contributed by atoms with Crippen LogP contribution in [0.25, 0.3) is 11.0 Å². The number of aromatic nitrogens is 4. The average Bonchev–Trinajstić information content (AvgIpc) is 2.67. The minimum absolute atomic E-state index is 0.0558. The van der Waals surface area contributed by atoms with Crippen LogP contribution in [-0.4, -0.2) is 43.8 Å². The molecule has 1 unspecified atom stereocenters. The molecule has 0 aromatic carbocycles. The Morgan fingerprint density at radius 3 is 2.84 bits per heavy atom. The topological polar surface area (TPSA) is 71.9 Å². The van der Waals surface area contributed by atoms with Crippen molar-refractivity contribution in [2.24, 2.45) is 0 Å². The van der Waals surface area contributed by atoms with Crippen LogP contribution >= 0.6 is 0 Å². The molecule has 25 heavy (non-hydrogen) atoms. The van der Waals surface area contributed by atoms with Crippen LogP contribution < -0.4 is 0 Å². The monoisotopic (exact) mass is 333 g/mol. The summed E-state index contributed by atoms with van der Waals surface area (Å²) >= 11 is 0. The maximum absolute atomic E-state index is 12.8. The molecule has 3 aromatic heterocycles. The standard InChI is InChI=1S/C19H19N5O/c1-13-22-17(16-5-2-8-21-18(16)23-13)15-4-3-11-24(12-15)19(25)14-6-9-20-10-7-14/h2,5-10,15H,3-4,11-12H2,1H3. The van der Waals surface area contributed by atoms with Crippen molar-refractivity contribution in [2.45, 2.75) is 25.7 Å². The first-order valence-electron chi connectivity index (χ1n) is 8.51. The number of carbonyl (C=O) groups excluding carboxylic acids is 1. The predicted octanol–water partition coefficient (Wildman–Crippen LogP) is 2.75. The third-order valence-corrected chi connectivity index (χ3v) is 4.64.